The molecular weight excluding hydrogens is 230 g/mol. The van der Waals surface area contributed by atoms with Crippen LogP contribution in [-0.4, -0.2) is 12.7 Å². The molecular formula is C14H23NOS. The Morgan fingerprint density at radius 2 is 2.18 bits per heavy atom. The molecule has 0 aliphatic heterocycles. The number of nitrogens with two attached hydrogens (primary N) is 1. The summed E-state index contributed by atoms with van der Waals surface area (Å²) in [6.07, 6.45) is 4.02. The predicted octanol–water partition coefficient (Wildman–Crippen LogP) is 3.57. The molecule has 1 aliphatic rings. The maximum Gasteiger partial charge on any atom is 0.0580 e. The van der Waals surface area contributed by atoms with E-state index in [1.807, 2.05) is 11.3 Å². The van der Waals surface area contributed by atoms with Crippen LogP contribution in [-0.2, 0) is 4.74 Å². The van der Waals surface area contributed by atoms with E-state index in [9.17, 15) is 0 Å². The van der Waals surface area contributed by atoms with E-state index in [1.165, 1.54) is 28.2 Å². The van der Waals surface area contributed by atoms with Gasteiger partial charge in [0.2, 0.25) is 0 Å². The fourth-order valence-electron chi connectivity index (χ4n) is 2.73. The van der Waals surface area contributed by atoms with Gasteiger partial charge in [0.25, 0.3) is 0 Å². The summed E-state index contributed by atoms with van der Waals surface area (Å²) in [5.41, 5.74) is 7.67. The van der Waals surface area contributed by atoms with Crippen LogP contribution in [0.1, 0.15) is 47.5 Å². The third kappa shape index (κ3) is 3.09. The third-order valence-corrected chi connectivity index (χ3v) is 4.88. The molecule has 0 amide bonds. The predicted molar refractivity (Wildman–Crippen MR) is 73.5 cm³/mol. The molecule has 0 bridgehead atoms. The van der Waals surface area contributed by atoms with Crippen molar-refractivity contribution in [2.45, 2.75) is 52.2 Å². The topological polar surface area (TPSA) is 35.2 Å². The molecule has 1 atom stereocenters. The molecule has 2 nitrogen and oxygen atoms in total. The number of thiophene rings is 1. The Morgan fingerprint density at radius 1 is 1.47 bits per heavy atom. The molecule has 1 aromatic heterocycles. The van der Waals surface area contributed by atoms with Gasteiger partial charge >= 0.3 is 0 Å². The summed E-state index contributed by atoms with van der Waals surface area (Å²) >= 11 is 1.85. The van der Waals surface area contributed by atoms with Gasteiger partial charge in [-0.3, -0.25) is 0 Å². The SMILES string of the molecule is CCOC1CC(CC(N)c2sc(C)cc2C)C1. The van der Waals surface area contributed by atoms with Gasteiger partial charge in [0.05, 0.1) is 6.10 Å². The molecule has 1 aromatic rings. The van der Waals surface area contributed by atoms with Crippen molar-refractivity contribution < 1.29 is 4.74 Å². The second-order valence-electron chi connectivity index (χ2n) is 5.16. The van der Waals surface area contributed by atoms with E-state index in [0.29, 0.717) is 6.10 Å². The number of aryl methyl sites for hydroxylation is 2. The highest BCUT2D eigenvalue weighted by molar-refractivity contribution is 7.12. The average Bonchev–Trinajstić information content (AvgIpc) is 2.54. The molecule has 3 heteroatoms. The molecule has 1 saturated carbocycles. The summed E-state index contributed by atoms with van der Waals surface area (Å²) in [7, 11) is 0. The third-order valence-electron chi connectivity index (χ3n) is 3.60. The van der Waals surface area contributed by atoms with Crippen LogP contribution in [0.2, 0.25) is 0 Å². The fourth-order valence-corrected chi connectivity index (χ4v) is 3.78. The van der Waals surface area contributed by atoms with Crippen LogP contribution in [0.4, 0.5) is 0 Å². The van der Waals surface area contributed by atoms with Crippen LogP contribution in [0.25, 0.3) is 0 Å². The van der Waals surface area contributed by atoms with Gasteiger partial charge in [0.15, 0.2) is 0 Å². The smallest absolute Gasteiger partial charge is 0.0580 e. The van der Waals surface area contributed by atoms with Crippen molar-refractivity contribution in [1.29, 1.82) is 0 Å². The van der Waals surface area contributed by atoms with Crippen molar-refractivity contribution in [1.82, 2.24) is 0 Å². The summed E-state index contributed by atoms with van der Waals surface area (Å²) in [5, 5.41) is 0. The Morgan fingerprint density at radius 3 is 2.71 bits per heavy atom. The molecule has 1 unspecified atom stereocenters. The zero-order valence-corrected chi connectivity index (χ0v) is 11.8. The lowest BCUT2D eigenvalue weighted by Crippen LogP contribution is -2.33. The molecule has 1 fully saturated rings. The molecule has 0 saturated heterocycles. The lowest BCUT2D eigenvalue weighted by molar-refractivity contribution is -0.0281. The first kappa shape index (κ1) is 13.1. The van der Waals surface area contributed by atoms with Crippen molar-refractivity contribution >= 4 is 11.3 Å². The molecule has 1 aliphatic carbocycles. The Labute approximate surface area is 108 Å². The summed E-state index contributed by atoms with van der Waals surface area (Å²) in [6.45, 7) is 7.23. The van der Waals surface area contributed by atoms with E-state index in [2.05, 4.69) is 26.8 Å². The Balaban J connectivity index is 1.82. The molecule has 96 valence electrons. The summed E-state index contributed by atoms with van der Waals surface area (Å²) in [4.78, 5) is 2.75. The zero-order valence-electron chi connectivity index (χ0n) is 11.0. The lowest BCUT2D eigenvalue weighted by atomic mass is 9.78. The quantitative estimate of drug-likeness (QED) is 0.870. The monoisotopic (exact) mass is 253 g/mol. The molecule has 1 heterocycles. The van der Waals surface area contributed by atoms with E-state index >= 15 is 0 Å². The standard InChI is InChI=1S/C14H23NOS/c1-4-16-12-6-11(7-12)8-13(15)14-9(2)5-10(3)17-14/h5,11-13H,4,6-8,15H2,1-3H3. The van der Waals surface area contributed by atoms with Gasteiger partial charge in [-0.15, -0.1) is 11.3 Å². The molecule has 0 aromatic carbocycles. The van der Waals surface area contributed by atoms with Crippen LogP contribution in [0.3, 0.4) is 0 Å². The Kier molecular flexibility index (Phi) is 4.23. The van der Waals surface area contributed by atoms with Crippen molar-refractivity contribution in [2.75, 3.05) is 6.61 Å². The summed E-state index contributed by atoms with van der Waals surface area (Å²) < 4.78 is 5.58. The first-order valence-corrected chi connectivity index (χ1v) is 7.36. The van der Waals surface area contributed by atoms with Crippen LogP contribution in [0.15, 0.2) is 6.07 Å². The molecule has 2 rings (SSSR count). The Bertz CT molecular complexity index is 368. The van der Waals surface area contributed by atoms with Crippen LogP contribution >= 0.6 is 11.3 Å². The largest absolute Gasteiger partial charge is 0.378 e. The zero-order chi connectivity index (χ0) is 12.4. The number of hydrogen-bond acceptors (Lipinski definition) is 3. The minimum atomic E-state index is 0.223. The maximum absolute atomic E-state index is 6.31. The van der Waals surface area contributed by atoms with Gasteiger partial charge in [0, 0.05) is 22.4 Å². The minimum absolute atomic E-state index is 0.223. The van der Waals surface area contributed by atoms with E-state index in [4.69, 9.17) is 10.5 Å². The normalized spacial score (nSPS) is 25.6. The van der Waals surface area contributed by atoms with E-state index < -0.39 is 0 Å². The van der Waals surface area contributed by atoms with Gasteiger partial charge < -0.3 is 10.5 Å². The highest BCUT2D eigenvalue weighted by Gasteiger charge is 2.31. The van der Waals surface area contributed by atoms with E-state index in [1.54, 1.807) is 0 Å². The van der Waals surface area contributed by atoms with Crippen LogP contribution < -0.4 is 5.73 Å². The number of hydrogen-bond donors (Lipinski definition) is 1. The summed E-state index contributed by atoms with van der Waals surface area (Å²) in [5.74, 6) is 0.767. The first-order valence-electron chi connectivity index (χ1n) is 6.54. The molecule has 17 heavy (non-hydrogen) atoms. The first-order chi connectivity index (χ1) is 8.10. The Hall–Kier alpha value is -0.380. The second-order valence-corrected chi connectivity index (χ2v) is 6.45. The highest BCUT2D eigenvalue weighted by atomic mass is 32.1. The van der Waals surface area contributed by atoms with E-state index in [0.717, 1.165) is 18.9 Å². The van der Waals surface area contributed by atoms with Gasteiger partial charge in [-0.25, -0.2) is 0 Å². The number of ether oxygens (including phenoxy) is 1. The summed E-state index contributed by atoms with van der Waals surface area (Å²) in [6, 6.07) is 2.46. The van der Waals surface area contributed by atoms with Gasteiger partial charge in [0.1, 0.15) is 0 Å². The van der Waals surface area contributed by atoms with E-state index in [-0.39, 0.29) is 6.04 Å². The van der Waals surface area contributed by atoms with Crippen molar-refractivity contribution in [3.63, 3.8) is 0 Å². The molecule has 2 N–H and O–H groups in total. The van der Waals surface area contributed by atoms with Gasteiger partial charge in [-0.1, -0.05) is 0 Å². The molecule has 0 radical (unpaired) electrons. The van der Waals surface area contributed by atoms with Crippen LogP contribution in [0.5, 0.6) is 0 Å². The van der Waals surface area contributed by atoms with Gasteiger partial charge in [-0.2, -0.15) is 0 Å². The number of rotatable bonds is 5. The van der Waals surface area contributed by atoms with Crippen molar-refractivity contribution in [3.05, 3.63) is 21.4 Å². The molecule has 0 spiro atoms. The second kappa shape index (κ2) is 5.51. The van der Waals surface area contributed by atoms with Crippen LogP contribution in [0, 0.1) is 19.8 Å². The maximum atomic E-state index is 6.31. The van der Waals surface area contributed by atoms with Gasteiger partial charge in [-0.05, 0) is 57.6 Å². The average molecular weight is 253 g/mol. The lowest BCUT2D eigenvalue weighted by Gasteiger charge is -2.36. The van der Waals surface area contributed by atoms with Crippen molar-refractivity contribution in [2.24, 2.45) is 11.7 Å². The highest BCUT2D eigenvalue weighted by Crippen LogP contribution is 2.38. The minimum Gasteiger partial charge on any atom is -0.378 e. The fraction of sp³-hybridized carbons (Fsp3) is 0.714. The van der Waals surface area contributed by atoms with Crippen molar-refractivity contribution in [3.8, 4) is 0 Å².